The monoisotopic (exact) mass is 912 g/mol. The van der Waals surface area contributed by atoms with Gasteiger partial charge in [-0.15, -0.1) is 0 Å². The van der Waals surface area contributed by atoms with Crippen LogP contribution < -0.4 is 21.3 Å². The molecule has 5 amide bonds. The van der Waals surface area contributed by atoms with Gasteiger partial charge in [0.15, 0.2) is 5.82 Å². The zero-order chi connectivity index (χ0) is 47.9. The zero-order valence-corrected chi connectivity index (χ0v) is 39.7. The summed E-state index contributed by atoms with van der Waals surface area (Å²) in [4.78, 5) is 80.2. The first-order chi connectivity index (χ1) is 31.9. The molecule has 1 unspecified atom stereocenters. The smallest absolute Gasteiger partial charge is 0.410 e. The summed E-state index contributed by atoms with van der Waals surface area (Å²) >= 11 is 0. The molecule has 2 aliphatic rings. The summed E-state index contributed by atoms with van der Waals surface area (Å²) in [7, 11) is 0. The maximum absolute atomic E-state index is 14.2. The number of anilines is 1. The summed E-state index contributed by atoms with van der Waals surface area (Å²) in [5.74, 6) is -0.116. The van der Waals surface area contributed by atoms with Crippen LogP contribution in [0.15, 0.2) is 85.1 Å². The number of ether oxygens (including phenoxy) is 2. The van der Waals surface area contributed by atoms with E-state index in [9.17, 15) is 24.0 Å². The van der Waals surface area contributed by atoms with Crippen molar-refractivity contribution in [2.45, 2.75) is 117 Å². The molecule has 0 radical (unpaired) electrons. The highest BCUT2D eigenvalue weighted by Gasteiger charge is 2.31. The largest absolute Gasteiger partial charge is 0.444 e. The van der Waals surface area contributed by atoms with Gasteiger partial charge in [0.05, 0.1) is 11.0 Å². The van der Waals surface area contributed by atoms with E-state index in [0.29, 0.717) is 68.1 Å². The van der Waals surface area contributed by atoms with Crippen molar-refractivity contribution in [1.29, 1.82) is 0 Å². The van der Waals surface area contributed by atoms with E-state index < -0.39 is 23.3 Å². The highest BCUT2D eigenvalue weighted by atomic mass is 16.6. The minimum atomic E-state index is -0.879. The lowest BCUT2D eigenvalue weighted by Gasteiger charge is -2.33. The Morgan fingerprint density at radius 2 is 1.54 bits per heavy atom. The molecule has 3 aromatic carbocycles. The number of imidazole rings is 1. The number of rotatable bonds is 12. The van der Waals surface area contributed by atoms with E-state index >= 15 is 0 Å². The van der Waals surface area contributed by atoms with Gasteiger partial charge < -0.3 is 40.6 Å². The molecule has 67 heavy (non-hydrogen) atoms. The Kier molecular flexibility index (Phi) is 15.0. The number of aryl methyl sites for hydroxylation is 1. The number of aromatic nitrogens is 3. The van der Waals surface area contributed by atoms with Gasteiger partial charge in [0.25, 0.3) is 5.91 Å². The van der Waals surface area contributed by atoms with E-state index in [1.165, 1.54) is 0 Å². The van der Waals surface area contributed by atoms with Gasteiger partial charge in [-0.1, -0.05) is 36.4 Å². The molecule has 1 aliphatic carbocycles. The van der Waals surface area contributed by atoms with E-state index in [2.05, 4.69) is 36.2 Å². The lowest BCUT2D eigenvalue weighted by molar-refractivity contribution is -0.130. The van der Waals surface area contributed by atoms with Crippen LogP contribution in [-0.4, -0.2) is 92.7 Å². The lowest BCUT2D eigenvalue weighted by atomic mass is 9.81. The Labute approximate surface area is 392 Å². The number of hydrogen-bond donors (Lipinski definition) is 5. The number of hydrogen-bond acceptors (Lipinski definition) is 9. The topological polar surface area (TPSA) is 197 Å². The minimum Gasteiger partial charge on any atom is -0.444 e. The molecule has 7 rings (SSSR count). The Bertz CT molecular complexity index is 2550. The average Bonchev–Trinajstić information content (AvgIpc) is 3.72. The molecule has 1 saturated carbocycles. The number of aromatic amines is 1. The van der Waals surface area contributed by atoms with Crippen molar-refractivity contribution in [3.63, 3.8) is 0 Å². The first kappa shape index (κ1) is 48.2. The SMILES string of the molecule is Cc1cc(C(=O)NC2CCN(C(=O)OC(C)(C)C)CC2)ccc1-c1ccc(CC(NC(=O)C2CCC(CNC(=O)OC(C)(C)C)CC2)C(=O)Nc2ccc3nc(-c4ccccn4)[nH]c3c2)cc1. The second-order valence-corrected chi connectivity index (χ2v) is 19.8. The van der Waals surface area contributed by atoms with Crippen molar-refractivity contribution in [3.05, 3.63) is 102 Å². The lowest BCUT2D eigenvalue weighted by Crippen LogP contribution is -2.48. The van der Waals surface area contributed by atoms with Crippen LogP contribution in [-0.2, 0) is 25.5 Å². The number of benzene rings is 3. The number of carbonyl (C=O) groups is 5. The van der Waals surface area contributed by atoms with Gasteiger partial charge in [0, 0.05) is 55.5 Å². The summed E-state index contributed by atoms with van der Waals surface area (Å²) in [5.41, 5.74) is 5.83. The summed E-state index contributed by atoms with van der Waals surface area (Å²) in [6, 6.07) is 23.7. The summed E-state index contributed by atoms with van der Waals surface area (Å²) in [6.07, 6.45) is 5.27. The van der Waals surface area contributed by atoms with Crippen molar-refractivity contribution < 1.29 is 33.4 Å². The van der Waals surface area contributed by atoms with Gasteiger partial charge in [-0.2, -0.15) is 0 Å². The molecule has 15 heteroatoms. The van der Waals surface area contributed by atoms with Gasteiger partial charge in [-0.25, -0.2) is 14.6 Å². The summed E-state index contributed by atoms with van der Waals surface area (Å²) in [6.45, 7) is 14.5. The molecule has 5 aromatic rings. The van der Waals surface area contributed by atoms with Crippen LogP contribution in [0.5, 0.6) is 0 Å². The molecule has 1 saturated heterocycles. The van der Waals surface area contributed by atoms with Crippen LogP contribution in [0.4, 0.5) is 15.3 Å². The first-order valence-electron chi connectivity index (χ1n) is 23.3. The standard InChI is InChI=1S/C52H64N8O7/c1-32-28-37(47(62)55-38-23-26-60(27-24-38)50(65)67-52(5,6)7)19-21-40(32)35-15-11-33(12-16-35)29-44(59-46(61)36-17-13-34(14-18-36)31-54-49(64)66-51(2,3)4)48(63)56-39-20-22-41-43(30-39)58-45(57-41)42-10-8-9-25-53-42/h8-12,15-16,19-22,25,28,30,34,36,38,44H,13-14,17-18,23-24,26-27,29,31H2,1-7H3,(H,54,64)(H,55,62)(H,56,63)(H,57,58)(H,59,61). The van der Waals surface area contributed by atoms with E-state index in [1.54, 1.807) is 17.2 Å². The normalized spacial score (nSPS) is 17.3. The molecule has 0 bridgehead atoms. The number of alkyl carbamates (subject to hydrolysis) is 1. The van der Waals surface area contributed by atoms with Crippen molar-refractivity contribution in [2.75, 3.05) is 25.0 Å². The molecule has 2 fully saturated rings. The van der Waals surface area contributed by atoms with Crippen molar-refractivity contribution in [2.24, 2.45) is 11.8 Å². The number of amides is 5. The number of nitrogens with one attached hydrogen (secondary N) is 5. The fourth-order valence-corrected chi connectivity index (χ4v) is 8.60. The Balaban J connectivity index is 0.996. The Morgan fingerprint density at radius 3 is 2.19 bits per heavy atom. The van der Waals surface area contributed by atoms with Crippen LogP contribution >= 0.6 is 0 Å². The maximum atomic E-state index is 14.2. The molecule has 5 N–H and O–H groups in total. The van der Waals surface area contributed by atoms with Crippen LogP contribution in [0.1, 0.15) is 102 Å². The second-order valence-electron chi connectivity index (χ2n) is 19.8. The predicted octanol–water partition coefficient (Wildman–Crippen LogP) is 8.73. The van der Waals surface area contributed by atoms with E-state index in [0.717, 1.165) is 46.1 Å². The molecular weight excluding hydrogens is 849 g/mol. The van der Waals surface area contributed by atoms with Crippen LogP contribution in [0.25, 0.3) is 33.7 Å². The number of H-pyrrole nitrogens is 1. The maximum Gasteiger partial charge on any atom is 0.410 e. The fourth-order valence-electron chi connectivity index (χ4n) is 8.60. The molecule has 1 aliphatic heterocycles. The predicted molar refractivity (Wildman–Crippen MR) is 258 cm³/mol. The Hall–Kier alpha value is -6.77. The van der Waals surface area contributed by atoms with E-state index in [-0.39, 0.29) is 48.1 Å². The zero-order valence-electron chi connectivity index (χ0n) is 39.7. The quantitative estimate of drug-likeness (QED) is 0.0813. The van der Waals surface area contributed by atoms with Gasteiger partial charge in [0.1, 0.15) is 22.9 Å². The van der Waals surface area contributed by atoms with Gasteiger partial charge in [-0.05, 0) is 158 Å². The number of likely N-dealkylation sites (tertiary alicyclic amines) is 1. The van der Waals surface area contributed by atoms with Gasteiger partial charge >= 0.3 is 12.2 Å². The third kappa shape index (κ3) is 13.4. The van der Waals surface area contributed by atoms with Crippen LogP contribution in [0.3, 0.4) is 0 Å². The third-order valence-corrected chi connectivity index (χ3v) is 12.1. The van der Waals surface area contributed by atoms with Crippen molar-refractivity contribution >= 4 is 46.6 Å². The van der Waals surface area contributed by atoms with Crippen molar-refractivity contribution in [1.82, 2.24) is 35.8 Å². The number of carbonyl (C=O) groups excluding carboxylic acids is 5. The van der Waals surface area contributed by atoms with Gasteiger partial charge in [0.2, 0.25) is 11.8 Å². The molecule has 1 atom stereocenters. The fraction of sp³-hybridized carbons (Fsp3) is 0.442. The summed E-state index contributed by atoms with van der Waals surface area (Å²) < 4.78 is 10.9. The van der Waals surface area contributed by atoms with E-state index in [1.807, 2.05) is 121 Å². The second kappa shape index (κ2) is 20.8. The molecule has 2 aromatic heterocycles. The number of piperidine rings is 1. The molecule has 15 nitrogen and oxygen atoms in total. The highest BCUT2D eigenvalue weighted by Crippen LogP contribution is 2.30. The van der Waals surface area contributed by atoms with Crippen LogP contribution in [0.2, 0.25) is 0 Å². The number of nitrogens with zero attached hydrogens (tertiary/aromatic N) is 3. The number of pyridine rings is 1. The highest BCUT2D eigenvalue weighted by molar-refractivity contribution is 5.99. The van der Waals surface area contributed by atoms with Gasteiger partial charge in [-0.3, -0.25) is 19.4 Å². The summed E-state index contributed by atoms with van der Waals surface area (Å²) in [5, 5.41) is 12.1. The molecule has 3 heterocycles. The first-order valence-corrected chi connectivity index (χ1v) is 23.3. The third-order valence-electron chi connectivity index (χ3n) is 12.1. The van der Waals surface area contributed by atoms with Crippen LogP contribution in [0, 0.1) is 18.8 Å². The molecular formula is C52H64N8O7. The Morgan fingerprint density at radius 1 is 0.821 bits per heavy atom. The molecule has 0 spiro atoms. The van der Waals surface area contributed by atoms with Crippen molar-refractivity contribution in [3.8, 4) is 22.6 Å². The number of fused-ring (bicyclic) bond motifs is 1. The van der Waals surface area contributed by atoms with E-state index in [4.69, 9.17) is 9.47 Å². The molecule has 354 valence electrons. The average molecular weight is 913 g/mol. The minimum absolute atomic E-state index is 0.0462.